The largest absolute Gasteiger partial charge is 0.508 e. The monoisotopic (exact) mass is 354 g/mol. The van der Waals surface area contributed by atoms with Crippen molar-refractivity contribution in [2.24, 2.45) is 17.8 Å². The number of aliphatic hydroxyl groups excluding tert-OH is 1. The second-order valence-corrected chi connectivity index (χ2v) is 8.22. The smallest absolute Gasteiger partial charge is 0.121 e. The van der Waals surface area contributed by atoms with E-state index in [-0.39, 0.29) is 23.9 Å². The molecule has 26 heavy (non-hydrogen) atoms. The van der Waals surface area contributed by atoms with E-state index in [9.17, 15) is 15.3 Å². The lowest BCUT2D eigenvalue weighted by Crippen LogP contribution is -2.36. The maximum absolute atomic E-state index is 10.6. The molecule has 2 aromatic carbocycles. The molecular weight excluding hydrogens is 324 g/mol. The highest BCUT2D eigenvalue weighted by Crippen LogP contribution is 2.47. The van der Waals surface area contributed by atoms with E-state index < -0.39 is 0 Å². The van der Waals surface area contributed by atoms with Gasteiger partial charge in [-0.1, -0.05) is 44.2 Å². The van der Waals surface area contributed by atoms with Crippen molar-refractivity contribution in [3.63, 3.8) is 0 Å². The number of rotatable bonds is 3. The summed E-state index contributed by atoms with van der Waals surface area (Å²) in [6, 6.07) is 11.6. The summed E-state index contributed by atoms with van der Waals surface area (Å²) in [4.78, 5) is 0. The van der Waals surface area contributed by atoms with Gasteiger partial charge in [-0.25, -0.2) is 0 Å². The summed E-state index contributed by atoms with van der Waals surface area (Å²) in [7, 11) is 0. The van der Waals surface area contributed by atoms with Crippen molar-refractivity contribution in [2.75, 3.05) is 0 Å². The number of para-hydroxylation sites is 1. The van der Waals surface area contributed by atoms with E-state index in [4.69, 9.17) is 0 Å². The molecule has 0 bridgehead atoms. The minimum atomic E-state index is -0.264. The van der Waals surface area contributed by atoms with Crippen molar-refractivity contribution in [1.29, 1.82) is 0 Å². The van der Waals surface area contributed by atoms with Crippen LogP contribution in [0.3, 0.4) is 0 Å². The molecule has 140 valence electrons. The molecule has 3 rings (SSSR count). The number of aromatic hydroxyl groups is 2. The van der Waals surface area contributed by atoms with E-state index in [2.05, 4.69) is 13.8 Å². The first kappa shape index (κ1) is 18.8. The van der Waals surface area contributed by atoms with Crippen molar-refractivity contribution in [1.82, 2.24) is 0 Å². The van der Waals surface area contributed by atoms with Crippen LogP contribution < -0.4 is 0 Å². The van der Waals surface area contributed by atoms with Gasteiger partial charge < -0.3 is 15.3 Å². The summed E-state index contributed by atoms with van der Waals surface area (Å²) in [6.45, 7) is 8.07. The number of aliphatic hydroxyl groups is 1. The third kappa shape index (κ3) is 3.45. The molecule has 0 aliphatic heterocycles. The fraction of sp³-hybridized carbons (Fsp3) is 0.478. The third-order valence-electron chi connectivity index (χ3n) is 6.13. The Hall–Kier alpha value is -2.00. The van der Waals surface area contributed by atoms with Gasteiger partial charge in [0.1, 0.15) is 11.5 Å². The first-order valence-electron chi connectivity index (χ1n) is 9.55. The standard InChI is InChI=1S/C23H30O3/c1-13-9-17(10-14(2)22(13)25)21(19-7-5-6-8-20(19)24)18-11-15(3)23(26)16(4)12-18/h5-10,15-16,18,21,23-26H,11-12H2,1-4H3. The molecule has 0 saturated heterocycles. The Labute approximate surface area is 156 Å². The Morgan fingerprint density at radius 3 is 2.00 bits per heavy atom. The number of benzene rings is 2. The molecule has 1 saturated carbocycles. The number of aryl methyl sites for hydroxylation is 2. The van der Waals surface area contributed by atoms with Crippen LogP contribution in [0, 0.1) is 31.6 Å². The average Bonchev–Trinajstić information content (AvgIpc) is 2.59. The van der Waals surface area contributed by atoms with Crippen LogP contribution in [-0.4, -0.2) is 21.4 Å². The van der Waals surface area contributed by atoms with Crippen LogP contribution >= 0.6 is 0 Å². The van der Waals surface area contributed by atoms with Crippen molar-refractivity contribution >= 4 is 0 Å². The van der Waals surface area contributed by atoms with Gasteiger partial charge in [-0.2, -0.15) is 0 Å². The van der Waals surface area contributed by atoms with Gasteiger partial charge in [0.15, 0.2) is 0 Å². The molecule has 0 radical (unpaired) electrons. The predicted octanol–water partition coefficient (Wildman–Crippen LogP) is 4.89. The van der Waals surface area contributed by atoms with Crippen LogP contribution in [0.2, 0.25) is 0 Å². The van der Waals surface area contributed by atoms with Crippen LogP contribution in [-0.2, 0) is 0 Å². The summed E-state index contributed by atoms with van der Waals surface area (Å²) in [5, 5.41) is 31.1. The van der Waals surface area contributed by atoms with Gasteiger partial charge in [0.05, 0.1) is 6.10 Å². The molecule has 1 aliphatic rings. The van der Waals surface area contributed by atoms with E-state index in [1.165, 1.54) is 0 Å². The van der Waals surface area contributed by atoms with Crippen LogP contribution in [0.1, 0.15) is 54.9 Å². The first-order valence-corrected chi connectivity index (χ1v) is 9.55. The normalized spacial score (nSPS) is 27.3. The van der Waals surface area contributed by atoms with Crippen molar-refractivity contribution in [3.8, 4) is 11.5 Å². The Balaban J connectivity index is 2.10. The predicted molar refractivity (Wildman–Crippen MR) is 105 cm³/mol. The van der Waals surface area contributed by atoms with E-state index >= 15 is 0 Å². The minimum Gasteiger partial charge on any atom is -0.508 e. The second kappa shape index (κ2) is 7.32. The summed E-state index contributed by atoms with van der Waals surface area (Å²) >= 11 is 0. The maximum Gasteiger partial charge on any atom is 0.121 e. The Bertz CT molecular complexity index is 748. The van der Waals surface area contributed by atoms with E-state index in [1.807, 2.05) is 44.2 Å². The lowest BCUT2D eigenvalue weighted by atomic mass is 9.66. The molecule has 3 unspecified atom stereocenters. The zero-order chi connectivity index (χ0) is 19.0. The summed E-state index contributed by atoms with van der Waals surface area (Å²) < 4.78 is 0. The highest BCUT2D eigenvalue weighted by atomic mass is 16.3. The topological polar surface area (TPSA) is 60.7 Å². The molecular formula is C23H30O3. The maximum atomic E-state index is 10.6. The number of hydrogen-bond donors (Lipinski definition) is 3. The Morgan fingerprint density at radius 1 is 0.923 bits per heavy atom. The third-order valence-corrected chi connectivity index (χ3v) is 6.13. The van der Waals surface area contributed by atoms with E-state index in [0.29, 0.717) is 17.4 Å². The average molecular weight is 354 g/mol. The van der Waals surface area contributed by atoms with Crippen LogP contribution in [0.4, 0.5) is 0 Å². The van der Waals surface area contributed by atoms with Gasteiger partial charge in [-0.05, 0) is 67.2 Å². The molecule has 0 aromatic heterocycles. The quantitative estimate of drug-likeness (QED) is 0.735. The van der Waals surface area contributed by atoms with Crippen LogP contribution in [0.15, 0.2) is 36.4 Å². The molecule has 3 atom stereocenters. The van der Waals surface area contributed by atoms with Gasteiger partial charge in [0.2, 0.25) is 0 Å². The Morgan fingerprint density at radius 2 is 1.46 bits per heavy atom. The van der Waals surface area contributed by atoms with Gasteiger partial charge in [-0.15, -0.1) is 0 Å². The molecule has 0 spiro atoms. The Kier molecular flexibility index (Phi) is 5.29. The molecule has 3 nitrogen and oxygen atoms in total. The zero-order valence-electron chi connectivity index (χ0n) is 16.1. The fourth-order valence-corrected chi connectivity index (χ4v) is 4.79. The van der Waals surface area contributed by atoms with Gasteiger partial charge >= 0.3 is 0 Å². The highest BCUT2D eigenvalue weighted by Gasteiger charge is 2.37. The first-order chi connectivity index (χ1) is 12.3. The minimum absolute atomic E-state index is 0.0478. The second-order valence-electron chi connectivity index (χ2n) is 8.22. The molecule has 0 heterocycles. The highest BCUT2D eigenvalue weighted by molar-refractivity contribution is 5.48. The van der Waals surface area contributed by atoms with E-state index in [1.54, 1.807) is 6.07 Å². The summed E-state index contributed by atoms with van der Waals surface area (Å²) in [6.07, 6.45) is 1.58. The lowest BCUT2D eigenvalue weighted by molar-refractivity contribution is 0.00807. The summed E-state index contributed by atoms with van der Waals surface area (Å²) in [5.41, 5.74) is 3.77. The molecule has 3 N–H and O–H groups in total. The van der Waals surface area contributed by atoms with Crippen molar-refractivity contribution in [3.05, 3.63) is 58.7 Å². The molecule has 1 fully saturated rings. The molecule has 3 heteroatoms. The number of phenolic OH excluding ortho intramolecular Hbond substituents is 2. The van der Waals surface area contributed by atoms with Gasteiger partial charge in [0.25, 0.3) is 0 Å². The van der Waals surface area contributed by atoms with Crippen molar-refractivity contribution in [2.45, 2.75) is 52.6 Å². The van der Waals surface area contributed by atoms with Crippen LogP contribution in [0.5, 0.6) is 11.5 Å². The van der Waals surface area contributed by atoms with E-state index in [0.717, 1.165) is 35.1 Å². The molecule has 1 aliphatic carbocycles. The number of hydrogen-bond acceptors (Lipinski definition) is 3. The fourth-order valence-electron chi connectivity index (χ4n) is 4.79. The van der Waals surface area contributed by atoms with Gasteiger partial charge in [0, 0.05) is 11.5 Å². The molecule has 0 amide bonds. The van der Waals surface area contributed by atoms with Crippen molar-refractivity contribution < 1.29 is 15.3 Å². The van der Waals surface area contributed by atoms with Crippen LogP contribution in [0.25, 0.3) is 0 Å². The lowest BCUT2D eigenvalue weighted by Gasteiger charge is -2.40. The summed E-state index contributed by atoms with van der Waals surface area (Å²) in [5.74, 6) is 1.50. The number of phenols is 2. The van der Waals surface area contributed by atoms with Gasteiger partial charge in [-0.3, -0.25) is 0 Å². The zero-order valence-corrected chi connectivity index (χ0v) is 16.1. The SMILES string of the molecule is Cc1cc(C(c2ccccc2O)C2CC(C)C(O)C(C)C2)cc(C)c1O. The molecule has 2 aromatic rings.